The molecule has 0 atom stereocenters. The lowest BCUT2D eigenvalue weighted by Gasteiger charge is -2.28. The topological polar surface area (TPSA) is 89.6 Å². The Kier molecular flexibility index (Phi) is 6.03. The highest BCUT2D eigenvalue weighted by molar-refractivity contribution is 6.35. The van der Waals surface area contributed by atoms with E-state index in [4.69, 9.17) is 4.74 Å². The number of nitrogens with one attached hydrogen (secondary N) is 1. The van der Waals surface area contributed by atoms with Gasteiger partial charge in [0.05, 0.1) is 29.4 Å². The highest BCUT2D eigenvalue weighted by Gasteiger charge is 2.34. The van der Waals surface area contributed by atoms with E-state index in [0.29, 0.717) is 48.8 Å². The minimum Gasteiger partial charge on any atom is -0.378 e. The number of halogens is 3. The number of hydrogen-bond donors (Lipinski definition) is 1. The first-order valence-electron chi connectivity index (χ1n) is 11.6. The van der Waals surface area contributed by atoms with Crippen molar-refractivity contribution in [3.8, 4) is 5.69 Å². The van der Waals surface area contributed by atoms with Gasteiger partial charge in [-0.05, 0) is 55.8 Å². The van der Waals surface area contributed by atoms with Crippen LogP contribution in [0.2, 0.25) is 0 Å². The number of rotatable bonds is 4. The maximum Gasteiger partial charge on any atom is 0.416 e. The molecule has 0 spiro atoms. The summed E-state index contributed by atoms with van der Waals surface area (Å²) in [5.74, 6) is -0.496. The number of amides is 1. The van der Waals surface area contributed by atoms with Gasteiger partial charge in [0.1, 0.15) is 5.69 Å². The van der Waals surface area contributed by atoms with Crippen LogP contribution in [0.5, 0.6) is 0 Å². The first-order valence-corrected chi connectivity index (χ1v) is 11.6. The summed E-state index contributed by atoms with van der Waals surface area (Å²) in [6.07, 6.45) is -2.89. The highest BCUT2D eigenvalue weighted by Crippen LogP contribution is 2.39. The largest absolute Gasteiger partial charge is 0.416 e. The molecular formula is C26H23F3N4O4. The molecule has 1 fully saturated rings. The number of carbonyl (C=O) groups excluding carboxylic acids is 1. The number of nitro groups is 1. The number of morpholine rings is 1. The molecule has 2 aliphatic rings. The number of aromatic nitrogens is 1. The molecule has 37 heavy (non-hydrogen) atoms. The summed E-state index contributed by atoms with van der Waals surface area (Å²) >= 11 is 0. The second-order valence-corrected chi connectivity index (χ2v) is 8.96. The molecule has 0 unspecified atom stereocenters. The predicted molar refractivity (Wildman–Crippen MR) is 133 cm³/mol. The second kappa shape index (κ2) is 9.07. The minimum absolute atomic E-state index is 0.0172. The lowest BCUT2D eigenvalue weighted by molar-refractivity contribution is -0.384. The average Bonchev–Trinajstić information content (AvgIpc) is 3.32. The molecule has 11 heteroatoms. The van der Waals surface area contributed by atoms with Crippen LogP contribution >= 0.6 is 0 Å². The van der Waals surface area contributed by atoms with E-state index in [-0.39, 0.29) is 16.9 Å². The molecule has 5 rings (SSSR count). The molecule has 1 amide bonds. The Hall–Kier alpha value is -4.12. The van der Waals surface area contributed by atoms with E-state index < -0.39 is 22.6 Å². The van der Waals surface area contributed by atoms with Gasteiger partial charge in [0, 0.05) is 47.4 Å². The predicted octanol–water partition coefficient (Wildman–Crippen LogP) is 5.35. The lowest BCUT2D eigenvalue weighted by Crippen LogP contribution is -2.36. The zero-order valence-electron chi connectivity index (χ0n) is 20.1. The molecule has 2 aromatic carbocycles. The molecule has 0 radical (unpaired) electrons. The van der Waals surface area contributed by atoms with Gasteiger partial charge in [-0.3, -0.25) is 14.9 Å². The Morgan fingerprint density at radius 2 is 1.81 bits per heavy atom. The Labute approximate surface area is 210 Å². The maximum atomic E-state index is 13.1. The van der Waals surface area contributed by atoms with Crippen molar-refractivity contribution in [2.45, 2.75) is 20.0 Å². The first-order chi connectivity index (χ1) is 17.5. The van der Waals surface area contributed by atoms with Crippen molar-refractivity contribution in [3.63, 3.8) is 0 Å². The minimum atomic E-state index is -4.52. The smallest absolute Gasteiger partial charge is 0.378 e. The molecule has 1 N–H and O–H groups in total. The Balaban J connectivity index is 1.53. The van der Waals surface area contributed by atoms with Crippen LogP contribution in [-0.4, -0.2) is 41.7 Å². The fraction of sp³-hybridized carbons (Fsp3) is 0.269. The Morgan fingerprint density at radius 3 is 2.49 bits per heavy atom. The van der Waals surface area contributed by atoms with E-state index in [0.717, 1.165) is 23.5 Å². The maximum absolute atomic E-state index is 13.1. The van der Waals surface area contributed by atoms with Crippen LogP contribution in [0.3, 0.4) is 0 Å². The number of aryl methyl sites for hydroxylation is 1. The summed E-state index contributed by atoms with van der Waals surface area (Å²) in [5, 5.41) is 14.4. The van der Waals surface area contributed by atoms with Gasteiger partial charge in [-0.25, -0.2) is 0 Å². The van der Waals surface area contributed by atoms with Gasteiger partial charge in [0.25, 0.3) is 11.6 Å². The summed E-state index contributed by atoms with van der Waals surface area (Å²) in [6, 6.07) is 10.1. The molecule has 1 aromatic heterocycles. The molecule has 3 aromatic rings. The van der Waals surface area contributed by atoms with Crippen molar-refractivity contribution in [3.05, 3.63) is 80.7 Å². The van der Waals surface area contributed by atoms with E-state index in [1.54, 1.807) is 12.1 Å². The van der Waals surface area contributed by atoms with Gasteiger partial charge in [-0.15, -0.1) is 0 Å². The summed E-state index contributed by atoms with van der Waals surface area (Å²) in [7, 11) is 0. The molecule has 3 heterocycles. The van der Waals surface area contributed by atoms with E-state index in [9.17, 15) is 28.1 Å². The third-order valence-electron chi connectivity index (χ3n) is 6.67. The van der Waals surface area contributed by atoms with E-state index in [1.165, 1.54) is 12.1 Å². The van der Waals surface area contributed by atoms with Gasteiger partial charge >= 0.3 is 6.18 Å². The van der Waals surface area contributed by atoms with Crippen LogP contribution in [0.15, 0.2) is 42.5 Å². The van der Waals surface area contributed by atoms with Crippen LogP contribution in [0.1, 0.15) is 28.1 Å². The number of hydrogen-bond acceptors (Lipinski definition) is 5. The van der Waals surface area contributed by atoms with Gasteiger partial charge in [-0.1, -0.05) is 6.07 Å². The number of nitrogens with zero attached hydrogens (tertiary/aromatic N) is 3. The number of carbonyl (C=O) groups is 1. The zero-order chi connectivity index (χ0) is 26.5. The standard InChI is InChI=1S/C26H23F3N4O4/c1-15-11-17(12-21-20-5-3-18(26(27,28)29)13-22(20)30-25(21)34)16(2)32(15)19-4-6-23(24(14-19)33(35)36)31-7-9-37-10-8-31/h3-6,11-14H,7-10H2,1-2H3,(H,30,34)/b21-12+. The molecule has 2 aliphatic heterocycles. The molecule has 8 nitrogen and oxygen atoms in total. The van der Waals surface area contributed by atoms with Crippen molar-refractivity contribution in [2.75, 3.05) is 36.5 Å². The van der Waals surface area contributed by atoms with Gasteiger partial charge < -0.3 is 19.5 Å². The van der Waals surface area contributed by atoms with E-state index >= 15 is 0 Å². The molecule has 0 saturated carbocycles. The Bertz CT molecular complexity index is 1450. The van der Waals surface area contributed by atoms with Crippen LogP contribution < -0.4 is 10.2 Å². The fourth-order valence-electron chi connectivity index (χ4n) is 4.87. The number of fused-ring (bicyclic) bond motifs is 1. The molecule has 0 bridgehead atoms. The van der Waals surface area contributed by atoms with Crippen LogP contribution in [0, 0.1) is 24.0 Å². The lowest BCUT2D eigenvalue weighted by atomic mass is 10.0. The van der Waals surface area contributed by atoms with Crippen molar-refractivity contribution in [2.24, 2.45) is 0 Å². The molecule has 192 valence electrons. The van der Waals surface area contributed by atoms with E-state index in [1.807, 2.05) is 35.4 Å². The average molecular weight is 512 g/mol. The van der Waals surface area contributed by atoms with Crippen molar-refractivity contribution < 1.29 is 27.6 Å². The van der Waals surface area contributed by atoms with Gasteiger partial charge in [-0.2, -0.15) is 13.2 Å². The Morgan fingerprint density at radius 1 is 1.08 bits per heavy atom. The summed E-state index contributed by atoms with van der Waals surface area (Å²) in [4.78, 5) is 26.1. The number of benzene rings is 2. The number of ether oxygens (including phenoxy) is 1. The second-order valence-electron chi connectivity index (χ2n) is 8.96. The highest BCUT2D eigenvalue weighted by atomic mass is 19.4. The fourth-order valence-corrected chi connectivity index (χ4v) is 4.87. The summed E-state index contributed by atoms with van der Waals surface area (Å²) < 4.78 is 46.5. The van der Waals surface area contributed by atoms with Gasteiger partial charge in [0.15, 0.2) is 0 Å². The van der Waals surface area contributed by atoms with Gasteiger partial charge in [0.2, 0.25) is 0 Å². The van der Waals surface area contributed by atoms with Crippen molar-refractivity contribution in [1.29, 1.82) is 0 Å². The third-order valence-corrected chi connectivity index (χ3v) is 6.67. The SMILES string of the molecule is Cc1cc(/C=C2/C(=O)Nc3cc(C(F)(F)F)ccc32)c(C)n1-c1ccc(N2CCOCC2)c([N+](=O)[O-])c1. The van der Waals surface area contributed by atoms with Crippen molar-refractivity contribution >= 4 is 34.6 Å². The van der Waals surface area contributed by atoms with Crippen LogP contribution in [0.4, 0.5) is 30.2 Å². The third kappa shape index (κ3) is 4.46. The molecule has 1 saturated heterocycles. The number of alkyl halides is 3. The zero-order valence-corrected chi connectivity index (χ0v) is 20.1. The molecule has 0 aliphatic carbocycles. The van der Waals surface area contributed by atoms with Crippen LogP contribution in [0.25, 0.3) is 17.3 Å². The molecular weight excluding hydrogens is 489 g/mol. The number of nitro benzene ring substituents is 1. The first kappa shape index (κ1) is 24.6. The summed E-state index contributed by atoms with van der Waals surface area (Å²) in [6.45, 7) is 5.79. The van der Waals surface area contributed by atoms with Crippen molar-refractivity contribution in [1.82, 2.24) is 4.57 Å². The normalized spacial score (nSPS) is 16.7. The van der Waals surface area contributed by atoms with E-state index in [2.05, 4.69) is 5.32 Å². The summed E-state index contributed by atoms with van der Waals surface area (Å²) in [5.41, 5.74) is 3.18. The monoisotopic (exact) mass is 512 g/mol. The van der Waals surface area contributed by atoms with Crippen LogP contribution in [-0.2, 0) is 15.7 Å². The quantitative estimate of drug-likeness (QED) is 0.289. The number of anilines is 2.